The SMILES string of the molecule is N#Cc1ccc(C(F)(F)F)nc1N1CC(CC(=O)O)C1. The van der Waals surface area contributed by atoms with Gasteiger partial charge in [0.2, 0.25) is 0 Å². The average Bonchev–Trinajstić information content (AvgIpc) is 2.31. The number of pyridine rings is 1. The highest BCUT2D eigenvalue weighted by Gasteiger charge is 2.36. The number of carboxylic acids is 1. The van der Waals surface area contributed by atoms with E-state index in [1.54, 1.807) is 6.07 Å². The molecule has 2 heterocycles. The third kappa shape index (κ3) is 2.82. The average molecular weight is 285 g/mol. The van der Waals surface area contributed by atoms with E-state index < -0.39 is 17.8 Å². The van der Waals surface area contributed by atoms with Gasteiger partial charge in [0, 0.05) is 19.0 Å². The Bertz CT molecular complexity index is 574. The van der Waals surface area contributed by atoms with Gasteiger partial charge in [-0.3, -0.25) is 4.79 Å². The predicted molar refractivity (Wildman–Crippen MR) is 61.9 cm³/mol. The Morgan fingerprint density at radius 3 is 2.65 bits per heavy atom. The van der Waals surface area contributed by atoms with Crippen LogP contribution < -0.4 is 4.90 Å². The summed E-state index contributed by atoms with van der Waals surface area (Å²) >= 11 is 0. The molecule has 5 nitrogen and oxygen atoms in total. The van der Waals surface area contributed by atoms with E-state index in [9.17, 15) is 18.0 Å². The van der Waals surface area contributed by atoms with Crippen molar-refractivity contribution in [3.05, 3.63) is 23.4 Å². The molecule has 1 aliphatic heterocycles. The standard InChI is InChI=1S/C12H10F3N3O2/c13-12(14,15)9-2-1-8(4-16)11(17-9)18-5-7(6-18)3-10(19)20/h1-2,7H,3,5-6H2,(H,19,20). The summed E-state index contributed by atoms with van der Waals surface area (Å²) in [6.07, 6.45) is -4.62. The Balaban J connectivity index is 2.20. The van der Waals surface area contributed by atoms with E-state index in [0.717, 1.165) is 12.1 Å². The molecular weight excluding hydrogens is 275 g/mol. The number of anilines is 1. The molecule has 1 aliphatic rings. The van der Waals surface area contributed by atoms with Gasteiger partial charge in [-0.2, -0.15) is 18.4 Å². The number of aliphatic carboxylic acids is 1. The van der Waals surface area contributed by atoms with Crippen LogP contribution in [0.4, 0.5) is 19.0 Å². The van der Waals surface area contributed by atoms with Crippen molar-refractivity contribution in [3.8, 4) is 6.07 Å². The first-order chi connectivity index (χ1) is 9.31. The molecule has 0 amide bonds. The van der Waals surface area contributed by atoms with Crippen LogP contribution in [0.5, 0.6) is 0 Å². The van der Waals surface area contributed by atoms with Crippen molar-refractivity contribution in [1.82, 2.24) is 4.98 Å². The maximum absolute atomic E-state index is 12.6. The number of aromatic nitrogens is 1. The Morgan fingerprint density at radius 2 is 2.15 bits per heavy atom. The van der Waals surface area contributed by atoms with E-state index in [1.165, 1.54) is 4.90 Å². The molecule has 1 fully saturated rings. The van der Waals surface area contributed by atoms with Crippen LogP contribution in [-0.4, -0.2) is 29.1 Å². The lowest BCUT2D eigenvalue weighted by Gasteiger charge is -2.40. The first-order valence-corrected chi connectivity index (χ1v) is 5.76. The lowest BCUT2D eigenvalue weighted by Crippen LogP contribution is -2.48. The molecule has 0 spiro atoms. The lowest BCUT2D eigenvalue weighted by atomic mass is 9.96. The monoisotopic (exact) mass is 285 g/mol. The molecular formula is C12H10F3N3O2. The molecule has 0 bridgehead atoms. The van der Waals surface area contributed by atoms with Crippen molar-refractivity contribution >= 4 is 11.8 Å². The molecule has 106 valence electrons. The smallest absolute Gasteiger partial charge is 0.433 e. The third-order valence-electron chi connectivity index (χ3n) is 3.01. The first kappa shape index (κ1) is 14.1. The van der Waals surface area contributed by atoms with Crippen LogP contribution in [0.2, 0.25) is 0 Å². The highest BCUT2D eigenvalue weighted by molar-refractivity contribution is 5.68. The second-order valence-electron chi connectivity index (χ2n) is 4.55. The zero-order valence-electron chi connectivity index (χ0n) is 10.2. The van der Waals surface area contributed by atoms with Gasteiger partial charge in [-0.1, -0.05) is 0 Å². The van der Waals surface area contributed by atoms with E-state index >= 15 is 0 Å². The van der Waals surface area contributed by atoms with E-state index in [2.05, 4.69) is 4.98 Å². The molecule has 0 unspecified atom stereocenters. The van der Waals surface area contributed by atoms with Crippen LogP contribution in [0.15, 0.2) is 12.1 Å². The summed E-state index contributed by atoms with van der Waals surface area (Å²) in [5.41, 5.74) is -1.01. The van der Waals surface area contributed by atoms with E-state index in [4.69, 9.17) is 10.4 Å². The zero-order chi connectivity index (χ0) is 14.9. The largest absolute Gasteiger partial charge is 0.481 e. The molecule has 0 saturated carbocycles. The van der Waals surface area contributed by atoms with Gasteiger partial charge in [-0.05, 0) is 12.1 Å². The van der Waals surface area contributed by atoms with Crippen molar-refractivity contribution in [2.75, 3.05) is 18.0 Å². The van der Waals surface area contributed by atoms with Gasteiger partial charge in [-0.15, -0.1) is 0 Å². The maximum atomic E-state index is 12.6. The number of alkyl halides is 3. The second-order valence-corrected chi connectivity index (χ2v) is 4.55. The number of hydrogen-bond donors (Lipinski definition) is 1. The van der Waals surface area contributed by atoms with Crippen LogP contribution in [-0.2, 0) is 11.0 Å². The van der Waals surface area contributed by atoms with Crippen molar-refractivity contribution in [2.45, 2.75) is 12.6 Å². The fraction of sp³-hybridized carbons (Fsp3) is 0.417. The van der Waals surface area contributed by atoms with Crippen molar-refractivity contribution < 1.29 is 23.1 Å². The molecule has 0 radical (unpaired) electrons. The van der Waals surface area contributed by atoms with Crippen molar-refractivity contribution in [2.24, 2.45) is 5.92 Å². The predicted octanol–water partition coefficient (Wildman–Crippen LogP) is 1.88. The summed E-state index contributed by atoms with van der Waals surface area (Å²) in [5.74, 6) is -1.12. The van der Waals surface area contributed by atoms with E-state index in [0.29, 0.717) is 0 Å². The summed E-state index contributed by atoms with van der Waals surface area (Å²) in [7, 11) is 0. The molecule has 2 rings (SSSR count). The van der Waals surface area contributed by atoms with E-state index in [-0.39, 0.29) is 36.8 Å². The quantitative estimate of drug-likeness (QED) is 0.917. The van der Waals surface area contributed by atoms with Gasteiger partial charge in [0.15, 0.2) is 0 Å². The number of carbonyl (C=O) groups is 1. The summed E-state index contributed by atoms with van der Waals surface area (Å²) < 4.78 is 37.8. The number of nitriles is 1. The molecule has 0 aromatic carbocycles. The minimum absolute atomic E-state index is 0.0380. The number of nitrogens with zero attached hydrogens (tertiary/aromatic N) is 3. The number of hydrogen-bond acceptors (Lipinski definition) is 4. The Labute approximate surface area is 112 Å². The molecule has 1 aromatic heterocycles. The lowest BCUT2D eigenvalue weighted by molar-refractivity contribution is -0.141. The van der Waals surface area contributed by atoms with E-state index in [1.807, 2.05) is 0 Å². The molecule has 1 saturated heterocycles. The third-order valence-corrected chi connectivity index (χ3v) is 3.01. The van der Waals surface area contributed by atoms with Gasteiger partial charge in [0.1, 0.15) is 17.6 Å². The topological polar surface area (TPSA) is 77.2 Å². The summed E-state index contributed by atoms with van der Waals surface area (Å²) in [5, 5.41) is 17.5. The Kier molecular flexibility index (Phi) is 3.53. The summed E-state index contributed by atoms with van der Waals surface area (Å²) in [6, 6.07) is 3.63. The molecule has 0 atom stereocenters. The number of carboxylic acid groups (broad SMARTS) is 1. The summed E-state index contributed by atoms with van der Waals surface area (Å²) in [4.78, 5) is 15.5. The first-order valence-electron chi connectivity index (χ1n) is 5.76. The highest BCUT2D eigenvalue weighted by Crippen LogP contribution is 2.33. The Morgan fingerprint density at radius 1 is 1.50 bits per heavy atom. The van der Waals surface area contributed by atoms with Crippen molar-refractivity contribution in [3.63, 3.8) is 0 Å². The van der Waals surface area contributed by atoms with Gasteiger partial charge in [0.25, 0.3) is 0 Å². The zero-order valence-corrected chi connectivity index (χ0v) is 10.2. The maximum Gasteiger partial charge on any atom is 0.433 e. The van der Waals surface area contributed by atoms with Crippen LogP contribution in [0, 0.1) is 17.2 Å². The summed E-state index contributed by atoms with van der Waals surface area (Å²) in [6.45, 7) is 0.574. The fourth-order valence-electron chi connectivity index (χ4n) is 2.05. The van der Waals surface area contributed by atoms with Crippen LogP contribution >= 0.6 is 0 Å². The Hall–Kier alpha value is -2.30. The molecule has 8 heteroatoms. The molecule has 0 aliphatic carbocycles. The number of rotatable bonds is 3. The minimum atomic E-state index is -4.58. The molecule has 20 heavy (non-hydrogen) atoms. The van der Waals surface area contributed by atoms with Gasteiger partial charge >= 0.3 is 12.1 Å². The molecule has 1 N–H and O–H groups in total. The normalized spacial score (nSPS) is 15.6. The molecule has 1 aromatic rings. The number of halogens is 3. The second kappa shape index (κ2) is 5.00. The highest BCUT2D eigenvalue weighted by atomic mass is 19.4. The minimum Gasteiger partial charge on any atom is -0.481 e. The van der Waals surface area contributed by atoms with Crippen molar-refractivity contribution in [1.29, 1.82) is 5.26 Å². The van der Waals surface area contributed by atoms with Gasteiger partial charge in [-0.25, -0.2) is 4.98 Å². The van der Waals surface area contributed by atoms with Crippen LogP contribution in [0.3, 0.4) is 0 Å². The van der Waals surface area contributed by atoms with Gasteiger partial charge in [0.05, 0.1) is 12.0 Å². The fourth-order valence-corrected chi connectivity index (χ4v) is 2.05. The van der Waals surface area contributed by atoms with Crippen LogP contribution in [0.1, 0.15) is 17.7 Å². The van der Waals surface area contributed by atoms with Crippen LogP contribution in [0.25, 0.3) is 0 Å². The van der Waals surface area contributed by atoms with Gasteiger partial charge < -0.3 is 10.0 Å².